The fraction of sp³-hybridized carbons (Fsp3) is 0.125. The van der Waals surface area contributed by atoms with E-state index in [1.54, 1.807) is 19.2 Å². The second kappa shape index (κ2) is 5.77. The summed E-state index contributed by atoms with van der Waals surface area (Å²) in [6, 6.07) is 12.6. The molecule has 0 aliphatic heterocycles. The first kappa shape index (κ1) is 13.9. The van der Waals surface area contributed by atoms with E-state index in [2.05, 4.69) is 5.32 Å². The molecule has 0 atom stereocenters. The molecule has 0 saturated carbocycles. The molecule has 0 spiro atoms. The minimum atomic E-state index is -0.668. The molecule has 0 aliphatic carbocycles. The number of aromatic nitrogens is 1. The molecule has 2 heterocycles. The second-order valence-electron chi connectivity index (χ2n) is 4.73. The van der Waals surface area contributed by atoms with Crippen LogP contribution in [0, 0.1) is 0 Å². The summed E-state index contributed by atoms with van der Waals surface area (Å²) >= 11 is 0. The molecular weight excluding hydrogens is 284 g/mol. The Labute approximate surface area is 125 Å². The molecule has 1 N–H and O–H groups in total. The molecule has 0 bridgehead atoms. The molecular formula is C16H14N2O4. The molecule has 0 fully saturated rings. The van der Waals surface area contributed by atoms with Crippen LogP contribution in [0.15, 0.2) is 62.5 Å². The van der Waals surface area contributed by atoms with Gasteiger partial charge in [0.25, 0.3) is 5.91 Å². The van der Waals surface area contributed by atoms with E-state index in [-0.39, 0.29) is 12.1 Å². The van der Waals surface area contributed by atoms with Crippen molar-refractivity contribution in [2.45, 2.75) is 6.54 Å². The number of amides is 1. The maximum Gasteiger partial charge on any atom is 0.370 e. The summed E-state index contributed by atoms with van der Waals surface area (Å²) in [4.78, 5) is 24.3. The Hall–Kier alpha value is -3.02. The minimum absolute atomic E-state index is 0.0137. The fourth-order valence-electron chi connectivity index (χ4n) is 2.26. The summed E-state index contributed by atoms with van der Waals surface area (Å²) < 4.78 is 11.5. The third-order valence-corrected chi connectivity index (χ3v) is 3.25. The summed E-state index contributed by atoms with van der Waals surface area (Å²) in [6.07, 6.45) is 1.52. The van der Waals surface area contributed by atoms with E-state index in [0.29, 0.717) is 11.5 Å². The van der Waals surface area contributed by atoms with Crippen molar-refractivity contribution in [3.8, 4) is 11.3 Å². The Morgan fingerprint density at radius 3 is 2.64 bits per heavy atom. The van der Waals surface area contributed by atoms with Gasteiger partial charge in [0.2, 0.25) is 0 Å². The van der Waals surface area contributed by atoms with Gasteiger partial charge in [0, 0.05) is 12.6 Å². The lowest BCUT2D eigenvalue weighted by atomic mass is 10.1. The lowest BCUT2D eigenvalue weighted by molar-refractivity contribution is 0.0946. The number of carbonyl (C=O) groups is 1. The molecule has 1 amide bonds. The number of nitrogens with one attached hydrogen (secondary N) is 1. The van der Waals surface area contributed by atoms with Crippen LogP contribution in [0.3, 0.4) is 0 Å². The van der Waals surface area contributed by atoms with Crippen LogP contribution < -0.4 is 10.9 Å². The van der Waals surface area contributed by atoms with E-state index < -0.39 is 11.5 Å². The largest absolute Gasteiger partial charge is 0.467 e. The summed E-state index contributed by atoms with van der Waals surface area (Å²) in [5.41, 5.74) is 0.500. The molecule has 0 aliphatic rings. The van der Waals surface area contributed by atoms with E-state index in [1.165, 1.54) is 11.0 Å². The second-order valence-corrected chi connectivity index (χ2v) is 4.73. The van der Waals surface area contributed by atoms with Crippen molar-refractivity contribution in [3.05, 3.63) is 70.5 Å². The van der Waals surface area contributed by atoms with Crippen LogP contribution in [0.4, 0.5) is 0 Å². The maximum atomic E-state index is 12.3. The average molecular weight is 298 g/mol. The monoisotopic (exact) mass is 298 g/mol. The molecule has 0 saturated heterocycles. The Morgan fingerprint density at radius 1 is 1.18 bits per heavy atom. The zero-order valence-corrected chi connectivity index (χ0v) is 11.9. The van der Waals surface area contributed by atoms with Gasteiger partial charge < -0.3 is 14.3 Å². The maximum absolute atomic E-state index is 12.3. The standard InChI is InChI=1S/C16H14N2O4/c1-18-14(11-6-3-2-4-7-11)13(16(20)22-18)15(19)17-10-12-8-5-9-21-12/h2-9H,10H2,1H3,(H,17,19). The van der Waals surface area contributed by atoms with Gasteiger partial charge in [-0.1, -0.05) is 30.3 Å². The highest BCUT2D eigenvalue weighted by atomic mass is 16.5. The van der Waals surface area contributed by atoms with Crippen LogP contribution in [0.5, 0.6) is 0 Å². The smallest absolute Gasteiger partial charge is 0.370 e. The van der Waals surface area contributed by atoms with Gasteiger partial charge in [0.05, 0.1) is 12.8 Å². The molecule has 3 rings (SSSR count). The zero-order chi connectivity index (χ0) is 15.5. The van der Waals surface area contributed by atoms with Crippen molar-refractivity contribution in [1.29, 1.82) is 0 Å². The number of hydrogen-bond donors (Lipinski definition) is 1. The molecule has 22 heavy (non-hydrogen) atoms. The first-order valence-corrected chi connectivity index (χ1v) is 6.73. The van der Waals surface area contributed by atoms with Crippen LogP contribution in [0.25, 0.3) is 11.3 Å². The van der Waals surface area contributed by atoms with Gasteiger partial charge in [0.1, 0.15) is 11.5 Å². The normalized spacial score (nSPS) is 10.6. The molecule has 0 unspecified atom stereocenters. The lowest BCUT2D eigenvalue weighted by Gasteiger charge is -2.05. The number of benzene rings is 1. The minimum Gasteiger partial charge on any atom is -0.467 e. The van der Waals surface area contributed by atoms with E-state index in [4.69, 9.17) is 8.94 Å². The molecule has 6 heteroatoms. The number of nitrogens with zero attached hydrogens (tertiary/aromatic N) is 1. The van der Waals surface area contributed by atoms with Gasteiger partial charge in [-0.3, -0.25) is 4.79 Å². The topological polar surface area (TPSA) is 77.4 Å². The molecule has 1 aromatic carbocycles. The summed E-state index contributed by atoms with van der Waals surface area (Å²) in [7, 11) is 1.59. The van der Waals surface area contributed by atoms with E-state index >= 15 is 0 Å². The third kappa shape index (κ3) is 2.58. The first-order valence-electron chi connectivity index (χ1n) is 6.73. The predicted octanol–water partition coefficient (Wildman–Crippen LogP) is 2.17. The van der Waals surface area contributed by atoms with Gasteiger partial charge >= 0.3 is 5.63 Å². The van der Waals surface area contributed by atoms with Crippen molar-refractivity contribution < 1.29 is 13.7 Å². The van der Waals surface area contributed by atoms with Gasteiger partial charge in [-0.25, -0.2) is 9.53 Å². The van der Waals surface area contributed by atoms with E-state index in [0.717, 1.165) is 5.56 Å². The number of hydrogen-bond acceptors (Lipinski definition) is 4. The van der Waals surface area contributed by atoms with Crippen molar-refractivity contribution in [2.75, 3.05) is 0 Å². The molecule has 3 aromatic rings. The lowest BCUT2D eigenvalue weighted by Crippen LogP contribution is -2.27. The van der Waals surface area contributed by atoms with E-state index in [9.17, 15) is 9.59 Å². The summed E-state index contributed by atoms with van der Waals surface area (Å²) in [6.45, 7) is 0.203. The van der Waals surface area contributed by atoms with Crippen LogP contribution in [0.1, 0.15) is 16.1 Å². The van der Waals surface area contributed by atoms with Crippen molar-refractivity contribution in [3.63, 3.8) is 0 Å². The van der Waals surface area contributed by atoms with Crippen LogP contribution in [-0.2, 0) is 13.6 Å². The average Bonchev–Trinajstić information content (AvgIpc) is 3.13. The Morgan fingerprint density at radius 2 is 1.95 bits per heavy atom. The Kier molecular flexibility index (Phi) is 3.65. The summed E-state index contributed by atoms with van der Waals surface area (Å²) in [5, 5.41) is 2.66. The number of aryl methyl sites for hydroxylation is 1. The highest BCUT2D eigenvalue weighted by Gasteiger charge is 2.23. The van der Waals surface area contributed by atoms with Gasteiger partial charge in [-0.2, -0.15) is 0 Å². The third-order valence-electron chi connectivity index (χ3n) is 3.25. The molecule has 2 aromatic heterocycles. The quantitative estimate of drug-likeness (QED) is 0.800. The summed E-state index contributed by atoms with van der Waals surface area (Å²) in [5.74, 6) is 0.111. The van der Waals surface area contributed by atoms with Crippen LogP contribution >= 0.6 is 0 Å². The predicted molar refractivity (Wildman–Crippen MR) is 79.3 cm³/mol. The Bertz CT molecular complexity index is 829. The van der Waals surface area contributed by atoms with Gasteiger partial charge in [-0.05, 0) is 12.1 Å². The molecule has 0 radical (unpaired) electrons. The fourth-order valence-corrected chi connectivity index (χ4v) is 2.26. The van der Waals surface area contributed by atoms with Gasteiger partial charge in [-0.15, -0.1) is 0 Å². The highest BCUT2D eigenvalue weighted by Crippen LogP contribution is 2.21. The highest BCUT2D eigenvalue weighted by molar-refractivity contribution is 5.99. The molecule has 6 nitrogen and oxygen atoms in total. The van der Waals surface area contributed by atoms with Gasteiger partial charge in [0.15, 0.2) is 5.56 Å². The zero-order valence-electron chi connectivity index (χ0n) is 11.9. The first-order chi connectivity index (χ1) is 10.7. The van der Waals surface area contributed by atoms with Crippen molar-refractivity contribution in [2.24, 2.45) is 7.05 Å². The number of carbonyl (C=O) groups excluding carboxylic acids is 1. The van der Waals surface area contributed by atoms with Crippen molar-refractivity contribution in [1.82, 2.24) is 10.1 Å². The van der Waals surface area contributed by atoms with E-state index in [1.807, 2.05) is 30.3 Å². The van der Waals surface area contributed by atoms with Crippen LogP contribution in [-0.4, -0.2) is 10.6 Å². The molecule has 112 valence electrons. The number of furan rings is 1. The SMILES string of the molecule is Cn1oc(=O)c(C(=O)NCc2ccco2)c1-c1ccccc1. The van der Waals surface area contributed by atoms with Crippen LogP contribution in [0.2, 0.25) is 0 Å². The Balaban J connectivity index is 1.93. The van der Waals surface area contributed by atoms with Crippen molar-refractivity contribution >= 4 is 5.91 Å². The number of rotatable bonds is 4.